The van der Waals surface area contributed by atoms with Gasteiger partial charge in [0.15, 0.2) is 9.75 Å². The summed E-state index contributed by atoms with van der Waals surface area (Å²) < 4.78 is 10.9. The molecule has 2 N–H and O–H groups in total. The van der Waals surface area contributed by atoms with E-state index >= 15 is 0 Å². The molecule has 0 unspecified atom stereocenters. The zero-order chi connectivity index (χ0) is 15.8. The fourth-order valence-electron chi connectivity index (χ4n) is 3.47. The highest BCUT2D eigenvalue weighted by molar-refractivity contribution is 6.53. The van der Waals surface area contributed by atoms with Crippen molar-refractivity contribution >= 4 is 58.3 Å². The van der Waals surface area contributed by atoms with Gasteiger partial charge >= 0.3 is 11.9 Å². The van der Waals surface area contributed by atoms with Crippen LogP contribution in [-0.4, -0.2) is 50.9 Å². The minimum Gasteiger partial charge on any atom is -0.481 e. The minimum atomic E-state index is -2.00. The van der Waals surface area contributed by atoms with Gasteiger partial charge in [-0.05, 0) is 0 Å². The molecular weight excluding hydrogens is 370 g/mol. The van der Waals surface area contributed by atoms with E-state index in [4.69, 9.17) is 55.9 Å². The molecular formula is C11H8Cl4O6. The molecule has 3 aliphatic rings. The highest BCUT2D eigenvalue weighted by atomic mass is 35.5. The van der Waals surface area contributed by atoms with Crippen molar-refractivity contribution in [1.29, 1.82) is 0 Å². The van der Waals surface area contributed by atoms with Gasteiger partial charge in [0, 0.05) is 0 Å². The third-order valence-corrected chi connectivity index (χ3v) is 6.82. The molecule has 10 heteroatoms. The van der Waals surface area contributed by atoms with Crippen LogP contribution in [0.5, 0.6) is 0 Å². The van der Waals surface area contributed by atoms with Crippen molar-refractivity contribution in [3.63, 3.8) is 0 Å². The van der Waals surface area contributed by atoms with E-state index < -0.39 is 39.3 Å². The van der Waals surface area contributed by atoms with E-state index in [0.717, 1.165) is 0 Å². The quantitative estimate of drug-likeness (QED) is 0.713. The van der Waals surface area contributed by atoms with Gasteiger partial charge in [0.25, 0.3) is 0 Å². The Hall–Kier alpha value is -0.240. The Morgan fingerprint density at radius 3 is 1.57 bits per heavy atom. The molecule has 6 nitrogen and oxygen atoms in total. The highest BCUT2D eigenvalue weighted by Gasteiger charge is 2.88. The fourth-order valence-corrected chi connectivity index (χ4v) is 5.54. The molecule has 21 heavy (non-hydrogen) atoms. The standard InChI is InChI=1S/C11H8Cl4O6/c12-5-6(13)10(15)4(8(18)19)3(7(16)17)9(5,14)11(10)20-1-2-21-11/h3-4H,1-2H2,(H,16,17)(H,18,19)/t3-,4+,9+,10-. The monoisotopic (exact) mass is 376 g/mol. The predicted molar refractivity (Wildman–Crippen MR) is 72.8 cm³/mol. The van der Waals surface area contributed by atoms with Crippen LogP contribution in [0, 0.1) is 11.8 Å². The van der Waals surface area contributed by atoms with Crippen LogP contribution in [0.3, 0.4) is 0 Å². The fraction of sp³-hybridized carbons (Fsp3) is 0.636. The van der Waals surface area contributed by atoms with Crippen molar-refractivity contribution < 1.29 is 29.3 Å². The van der Waals surface area contributed by atoms with E-state index in [0.29, 0.717) is 0 Å². The molecule has 4 atom stereocenters. The third-order valence-electron chi connectivity index (χ3n) is 4.21. The lowest BCUT2D eigenvalue weighted by atomic mass is 9.82. The van der Waals surface area contributed by atoms with Crippen molar-refractivity contribution in [2.75, 3.05) is 13.2 Å². The zero-order valence-electron chi connectivity index (χ0n) is 10.1. The Balaban J connectivity index is 2.35. The van der Waals surface area contributed by atoms with Gasteiger partial charge in [0.05, 0.1) is 23.3 Å². The molecule has 1 saturated carbocycles. The number of carboxylic acids is 2. The number of hydrogen-bond acceptors (Lipinski definition) is 4. The molecule has 0 aromatic carbocycles. The first-order valence-corrected chi connectivity index (χ1v) is 7.35. The molecule has 2 aliphatic carbocycles. The zero-order valence-corrected chi connectivity index (χ0v) is 13.1. The van der Waals surface area contributed by atoms with Gasteiger partial charge in [-0.25, -0.2) is 0 Å². The minimum absolute atomic E-state index is 0.0654. The molecule has 0 aromatic rings. The van der Waals surface area contributed by atoms with Crippen LogP contribution in [0.1, 0.15) is 0 Å². The van der Waals surface area contributed by atoms with Gasteiger partial charge < -0.3 is 19.7 Å². The van der Waals surface area contributed by atoms with Crippen molar-refractivity contribution in [2.24, 2.45) is 11.8 Å². The normalized spacial score (nSPS) is 43.8. The lowest BCUT2D eigenvalue weighted by Gasteiger charge is -2.38. The first-order chi connectivity index (χ1) is 9.66. The molecule has 1 spiro atoms. The molecule has 1 aliphatic heterocycles. The maximum Gasteiger partial charge on any atom is 0.309 e. The Labute approximate surface area is 138 Å². The molecule has 0 amide bonds. The molecule has 1 heterocycles. The molecule has 116 valence electrons. The van der Waals surface area contributed by atoms with Gasteiger partial charge in [0.2, 0.25) is 5.79 Å². The summed E-state index contributed by atoms with van der Waals surface area (Å²) in [5, 5.41) is 18.4. The van der Waals surface area contributed by atoms with Crippen LogP contribution in [-0.2, 0) is 19.1 Å². The Morgan fingerprint density at radius 1 is 0.952 bits per heavy atom. The van der Waals surface area contributed by atoms with Crippen molar-refractivity contribution in [3.8, 4) is 0 Å². The number of aliphatic carboxylic acids is 2. The number of rotatable bonds is 2. The highest BCUT2D eigenvalue weighted by Crippen LogP contribution is 2.74. The molecule has 0 aromatic heterocycles. The Morgan fingerprint density at radius 2 is 1.29 bits per heavy atom. The maximum atomic E-state index is 11.6. The molecule has 3 rings (SSSR count). The summed E-state index contributed by atoms with van der Waals surface area (Å²) in [6, 6.07) is 0. The summed E-state index contributed by atoms with van der Waals surface area (Å²) in [5.74, 6) is -8.17. The van der Waals surface area contributed by atoms with Gasteiger partial charge in [-0.15, -0.1) is 23.2 Å². The van der Waals surface area contributed by atoms with Crippen molar-refractivity contribution in [3.05, 3.63) is 10.1 Å². The second-order valence-corrected chi connectivity index (χ2v) is 6.95. The smallest absolute Gasteiger partial charge is 0.309 e. The summed E-state index contributed by atoms with van der Waals surface area (Å²) >= 11 is 25.1. The van der Waals surface area contributed by atoms with Gasteiger partial charge in [-0.1, -0.05) is 23.2 Å². The van der Waals surface area contributed by atoms with Crippen LogP contribution >= 0.6 is 46.4 Å². The summed E-state index contributed by atoms with van der Waals surface area (Å²) in [6.07, 6.45) is 0. The summed E-state index contributed by atoms with van der Waals surface area (Å²) in [4.78, 5) is 19.2. The second-order valence-electron chi connectivity index (χ2n) is 5.00. The number of carboxylic acid groups (broad SMARTS) is 2. The van der Waals surface area contributed by atoms with Crippen molar-refractivity contribution in [1.82, 2.24) is 0 Å². The van der Waals surface area contributed by atoms with Crippen molar-refractivity contribution in [2.45, 2.75) is 15.5 Å². The number of halogens is 4. The molecule has 2 fully saturated rings. The van der Waals surface area contributed by atoms with Gasteiger partial charge in [-0.3, -0.25) is 9.59 Å². The van der Waals surface area contributed by atoms with E-state index in [9.17, 15) is 19.8 Å². The average molecular weight is 378 g/mol. The lowest BCUT2D eigenvalue weighted by Crippen LogP contribution is -2.56. The SMILES string of the molecule is O=C(O)[C@@H]1[C@H](C(=O)O)[C@]2(Cl)C(Cl)=C(Cl)[C@@]1(Cl)C21OCCO1. The Bertz CT molecular complexity index is 541. The van der Waals surface area contributed by atoms with Gasteiger partial charge in [0.1, 0.15) is 11.8 Å². The summed E-state index contributed by atoms with van der Waals surface area (Å²) in [7, 11) is 0. The second kappa shape index (κ2) is 4.40. The van der Waals surface area contributed by atoms with E-state index in [-0.39, 0.29) is 23.3 Å². The topological polar surface area (TPSA) is 93.1 Å². The largest absolute Gasteiger partial charge is 0.481 e. The first kappa shape index (κ1) is 15.6. The van der Waals surface area contributed by atoms with Gasteiger partial charge in [-0.2, -0.15) is 0 Å². The van der Waals surface area contributed by atoms with Crippen LogP contribution < -0.4 is 0 Å². The molecule has 1 saturated heterocycles. The Kier molecular flexibility index (Phi) is 3.28. The lowest BCUT2D eigenvalue weighted by molar-refractivity contribution is -0.177. The average Bonchev–Trinajstić information content (AvgIpc) is 2.98. The molecule has 2 bridgehead atoms. The number of carbonyl (C=O) groups is 2. The van der Waals surface area contributed by atoms with E-state index in [2.05, 4.69) is 0 Å². The van der Waals surface area contributed by atoms with Crippen LogP contribution in [0.2, 0.25) is 0 Å². The summed E-state index contributed by atoms with van der Waals surface area (Å²) in [5.41, 5.74) is 0. The maximum absolute atomic E-state index is 11.6. The number of ether oxygens (including phenoxy) is 2. The van der Waals surface area contributed by atoms with E-state index in [1.807, 2.05) is 0 Å². The number of alkyl halides is 2. The van der Waals surface area contributed by atoms with Crippen LogP contribution in [0.4, 0.5) is 0 Å². The van der Waals surface area contributed by atoms with Crippen LogP contribution in [0.25, 0.3) is 0 Å². The van der Waals surface area contributed by atoms with E-state index in [1.54, 1.807) is 0 Å². The summed E-state index contributed by atoms with van der Waals surface area (Å²) in [6.45, 7) is 0.131. The van der Waals surface area contributed by atoms with Crippen LogP contribution in [0.15, 0.2) is 10.1 Å². The predicted octanol–water partition coefficient (Wildman–Crippen LogP) is 1.80. The van der Waals surface area contributed by atoms with E-state index in [1.165, 1.54) is 0 Å². The first-order valence-electron chi connectivity index (χ1n) is 5.84. The number of hydrogen-bond donors (Lipinski definition) is 2. The molecule has 0 radical (unpaired) electrons. The third kappa shape index (κ3) is 1.40.